The van der Waals surface area contributed by atoms with E-state index in [0.717, 1.165) is 7.11 Å². The second-order valence-electron chi connectivity index (χ2n) is 2.79. The molecule has 0 aliphatic carbocycles. The van der Waals surface area contributed by atoms with Gasteiger partial charge in [0, 0.05) is 5.69 Å². The van der Waals surface area contributed by atoms with Gasteiger partial charge in [-0.3, -0.25) is 0 Å². The largest absolute Gasteiger partial charge is 0.547 e. The van der Waals surface area contributed by atoms with E-state index in [9.17, 15) is 14.7 Å². The Balaban J connectivity index is 2.76. The van der Waals surface area contributed by atoms with E-state index < -0.39 is 18.0 Å². The van der Waals surface area contributed by atoms with Gasteiger partial charge in [-0.15, -0.1) is 0 Å². The Morgan fingerprint density at radius 3 is 2.40 bits per heavy atom. The van der Waals surface area contributed by atoms with Crippen molar-refractivity contribution in [3.8, 4) is 0 Å². The molecule has 0 aliphatic heterocycles. The van der Waals surface area contributed by atoms with E-state index in [-0.39, 0.29) is 0 Å². The van der Waals surface area contributed by atoms with Crippen LogP contribution in [0, 0.1) is 0 Å². The van der Waals surface area contributed by atoms with E-state index >= 15 is 0 Å². The minimum Gasteiger partial charge on any atom is -0.547 e. The highest BCUT2D eigenvalue weighted by molar-refractivity contribution is 6.00. The molecule has 0 spiro atoms. The van der Waals surface area contributed by atoms with Crippen molar-refractivity contribution in [1.82, 2.24) is 0 Å². The van der Waals surface area contributed by atoms with Gasteiger partial charge in [-0.2, -0.15) is 0 Å². The summed E-state index contributed by atoms with van der Waals surface area (Å²) in [6.45, 7) is 0. The summed E-state index contributed by atoms with van der Waals surface area (Å²) in [6, 6.07) is 6.99. The van der Waals surface area contributed by atoms with Crippen LogP contribution in [0.25, 0.3) is 0 Å². The number of hydrogen-bond acceptors (Lipinski definition) is 5. The zero-order valence-corrected chi connectivity index (χ0v) is 8.10. The number of carbonyl (C=O) groups is 2. The van der Waals surface area contributed by atoms with Gasteiger partial charge >= 0.3 is 5.97 Å². The fourth-order valence-electron chi connectivity index (χ4n) is 1.03. The van der Waals surface area contributed by atoms with Gasteiger partial charge in [0.25, 0.3) is 0 Å². The van der Waals surface area contributed by atoms with Crippen molar-refractivity contribution in [2.75, 3.05) is 12.4 Å². The number of carbonyl (C=O) groups excluding carboxylic acids is 2. The van der Waals surface area contributed by atoms with Gasteiger partial charge in [-0.25, -0.2) is 4.79 Å². The average molecular weight is 208 g/mol. The van der Waals surface area contributed by atoms with E-state index in [4.69, 9.17) is 0 Å². The highest BCUT2D eigenvalue weighted by Gasteiger charge is 2.19. The fraction of sp³-hybridized carbons (Fsp3) is 0.200. The molecule has 0 radical (unpaired) electrons. The van der Waals surface area contributed by atoms with Crippen molar-refractivity contribution in [2.45, 2.75) is 6.04 Å². The quantitative estimate of drug-likeness (QED) is 0.527. The number of ether oxygens (including phenoxy) is 1. The van der Waals surface area contributed by atoms with E-state index in [0.29, 0.717) is 5.69 Å². The Hall–Kier alpha value is -2.04. The molecule has 1 rings (SSSR count). The lowest BCUT2D eigenvalue weighted by Crippen LogP contribution is -2.46. The zero-order chi connectivity index (χ0) is 11.3. The zero-order valence-electron chi connectivity index (χ0n) is 8.10. The van der Waals surface area contributed by atoms with Crippen LogP contribution in [0.2, 0.25) is 0 Å². The van der Waals surface area contributed by atoms with Crippen LogP contribution in [0.1, 0.15) is 0 Å². The standard InChI is InChI=1S/C10H11NO4/c1-15-10(14)8(9(12)13)11-7-5-3-2-4-6-7/h2-6,8,11H,1H3,(H,12,13)/p-1/t8-/m0/s1. The molecule has 0 unspecified atom stereocenters. The summed E-state index contributed by atoms with van der Waals surface area (Å²) < 4.78 is 4.32. The number of aliphatic carboxylic acids is 1. The second-order valence-corrected chi connectivity index (χ2v) is 2.79. The van der Waals surface area contributed by atoms with Crippen LogP contribution in [0.5, 0.6) is 0 Å². The van der Waals surface area contributed by atoms with Crippen molar-refractivity contribution in [3.63, 3.8) is 0 Å². The topological polar surface area (TPSA) is 78.5 Å². The molecule has 5 heteroatoms. The first-order chi connectivity index (χ1) is 7.15. The Morgan fingerprint density at radius 1 is 1.33 bits per heavy atom. The van der Waals surface area contributed by atoms with E-state index in [1.165, 1.54) is 0 Å². The highest BCUT2D eigenvalue weighted by atomic mass is 16.5. The summed E-state index contributed by atoms with van der Waals surface area (Å²) in [5.41, 5.74) is 0.511. The normalized spacial score (nSPS) is 11.5. The maximum absolute atomic E-state index is 11.1. The van der Waals surface area contributed by atoms with Crippen molar-refractivity contribution < 1.29 is 19.4 Å². The first kappa shape index (κ1) is 11.0. The number of hydrogen-bond donors (Lipinski definition) is 1. The minimum absolute atomic E-state index is 0.511. The molecule has 80 valence electrons. The number of anilines is 1. The molecule has 0 aromatic heterocycles. The van der Waals surface area contributed by atoms with Crippen LogP contribution >= 0.6 is 0 Å². The van der Waals surface area contributed by atoms with Crippen LogP contribution < -0.4 is 10.4 Å². The number of para-hydroxylation sites is 1. The Kier molecular flexibility index (Phi) is 3.68. The summed E-state index contributed by atoms with van der Waals surface area (Å²) in [5.74, 6) is -2.41. The van der Waals surface area contributed by atoms with Gasteiger partial charge < -0.3 is 20.0 Å². The summed E-state index contributed by atoms with van der Waals surface area (Å²) in [5, 5.41) is 13.1. The molecule has 0 saturated heterocycles. The molecule has 0 amide bonds. The number of methoxy groups -OCH3 is 1. The van der Waals surface area contributed by atoms with Gasteiger partial charge in [-0.1, -0.05) is 18.2 Å². The smallest absolute Gasteiger partial charge is 0.334 e. The first-order valence-electron chi connectivity index (χ1n) is 4.25. The minimum atomic E-state index is -1.52. The van der Waals surface area contributed by atoms with Crippen LogP contribution in [-0.4, -0.2) is 25.1 Å². The molecule has 15 heavy (non-hydrogen) atoms. The molecule has 5 nitrogen and oxygen atoms in total. The SMILES string of the molecule is COC(=O)[C@@H](Nc1ccccc1)C(=O)[O-]. The summed E-state index contributed by atoms with van der Waals surface area (Å²) in [7, 11) is 1.12. The predicted molar refractivity (Wildman–Crippen MR) is 50.9 cm³/mol. The molecule has 1 atom stereocenters. The Bertz CT molecular complexity index is 350. The van der Waals surface area contributed by atoms with Crippen LogP contribution in [0.3, 0.4) is 0 Å². The summed E-state index contributed by atoms with van der Waals surface area (Å²) in [6.07, 6.45) is 0. The lowest BCUT2D eigenvalue weighted by molar-refractivity contribution is -0.306. The third-order valence-corrected chi connectivity index (χ3v) is 1.76. The van der Waals surface area contributed by atoms with Crippen molar-refractivity contribution in [1.29, 1.82) is 0 Å². The molecule has 1 aromatic rings. The number of carboxylic acids is 1. The number of rotatable bonds is 4. The molecule has 0 aliphatic rings. The number of esters is 1. The van der Waals surface area contributed by atoms with Crippen molar-refractivity contribution in [3.05, 3.63) is 30.3 Å². The molecule has 1 aromatic carbocycles. The molecular formula is C10H10NO4-. The molecule has 1 N–H and O–H groups in total. The molecular weight excluding hydrogens is 198 g/mol. The van der Waals surface area contributed by atoms with Crippen LogP contribution in [0.4, 0.5) is 5.69 Å². The Morgan fingerprint density at radius 2 is 1.93 bits per heavy atom. The van der Waals surface area contributed by atoms with Gasteiger partial charge in [-0.05, 0) is 12.1 Å². The monoisotopic (exact) mass is 208 g/mol. The van der Waals surface area contributed by atoms with Crippen molar-refractivity contribution in [2.24, 2.45) is 0 Å². The summed E-state index contributed by atoms with van der Waals surface area (Å²) in [4.78, 5) is 21.7. The van der Waals surface area contributed by atoms with Gasteiger partial charge in [0.05, 0.1) is 13.1 Å². The third kappa shape index (κ3) is 2.98. The summed E-state index contributed by atoms with van der Waals surface area (Å²) >= 11 is 0. The van der Waals surface area contributed by atoms with Gasteiger partial charge in [0.15, 0.2) is 6.04 Å². The second kappa shape index (κ2) is 4.99. The first-order valence-corrected chi connectivity index (χ1v) is 4.25. The lowest BCUT2D eigenvalue weighted by Gasteiger charge is -2.18. The number of carboxylic acid groups (broad SMARTS) is 1. The van der Waals surface area contributed by atoms with E-state index in [1.54, 1.807) is 30.3 Å². The maximum Gasteiger partial charge on any atom is 0.334 e. The third-order valence-electron chi connectivity index (χ3n) is 1.76. The van der Waals surface area contributed by atoms with Gasteiger partial charge in [0.2, 0.25) is 0 Å². The molecule has 0 fully saturated rings. The predicted octanol–water partition coefficient (Wildman–Crippen LogP) is -0.610. The maximum atomic E-state index is 11.1. The van der Waals surface area contributed by atoms with Gasteiger partial charge in [0.1, 0.15) is 0 Å². The molecule has 0 saturated carbocycles. The van der Waals surface area contributed by atoms with Crippen LogP contribution in [-0.2, 0) is 14.3 Å². The molecule has 0 bridgehead atoms. The van der Waals surface area contributed by atoms with E-state index in [2.05, 4.69) is 10.1 Å². The lowest BCUT2D eigenvalue weighted by atomic mass is 10.2. The molecule has 0 heterocycles. The number of nitrogens with one attached hydrogen (secondary N) is 1. The van der Waals surface area contributed by atoms with Crippen LogP contribution in [0.15, 0.2) is 30.3 Å². The average Bonchev–Trinajstić information content (AvgIpc) is 2.26. The van der Waals surface area contributed by atoms with E-state index in [1.807, 2.05) is 0 Å². The number of benzene rings is 1. The Labute approximate surface area is 86.7 Å². The van der Waals surface area contributed by atoms with Crippen molar-refractivity contribution >= 4 is 17.6 Å². The highest BCUT2D eigenvalue weighted by Crippen LogP contribution is 2.07. The fourth-order valence-corrected chi connectivity index (χ4v) is 1.03.